The highest BCUT2D eigenvalue weighted by Gasteiger charge is 2.30. The molecule has 0 aromatic rings. The van der Waals surface area contributed by atoms with Crippen LogP contribution >= 0.6 is 15.6 Å². The molecule has 0 radical (unpaired) electrons. The van der Waals surface area contributed by atoms with Gasteiger partial charge in [-0.05, 0) is 37.5 Å². The minimum Gasteiger partial charge on any atom is -0.462 e. The number of unbranched alkanes of at least 4 members (excludes halogenated alkanes) is 30. The molecule has 0 aliphatic rings. The molecule has 0 saturated carbocycles. The number of esters is 4. The Morgan fingerprint density at radius 3 is 0.850 bits per heavy atom. The number of hydrogen-bond acceptors (Lipinski definition) is 15. The van der Waals surface area contributed by atoms with E-state index in [0.717, 1.165) is 127 Å². The lowest BCUT2D eigenvalue weighted by Crippen LogP contribution is -2.30. The molecule has 0 aromatic carbocycles. The van der Waals surface area contributed by atoms with E-state index in [2.05, 4.69) is 41.5 Å². The zero-order chi connectivity index (χ0) is 59.4. The number of phosphoric acid groups is 2. The first-order chi connectivity index (χ1) is 38.4. The van der Waals surface area contributed by atoms with Gasteiger partial charge in [0.2, 0.25) is 0 Å². The first kappa shape index (κ1) is 78.1. The van der Waals surface area contributed by atoms with E-state index < -0.39 is 97.5 Å². The summed E-state index contributed by atoms with van der Waals surface area (Å²) in [5, 5.41) is 10.5. The van der Waals surface area contributed by atoms with Gasteiger partial charge in [0, 0.05) is 25.7 Å². The number of aliphatic hydroxyl groups is 1. The Hall–Kier alpha value is -1.94. The molecule has 0 saturated heterocycles. The van der Waals surface area contributed by atoms with Crippen molar-refractivity contribution in [1.82, 2.24) is 0 Å². The fourth-order valence-corrected chi connectivity index (χ4v) is 10.6. The lowest BCUT2D eigenvalue weighted by Gasteiger charge is -2.21. The van der Waals surface area contributed by atoms with Gasteiger partial charge in [0.05, 0.1) is 26.4 Å². The fourth-order valence-electron chi connectivity index (χ4n) is 9.00. The predicted octanol–water partition coefficient (Wildman–Crippen LogP) is 16.5. The van der Waals surface area contributed by atoms with E-state index in [1.807, 2.05) is 0 Å². The Bertz CT molecular complexity index is 1580. The van der Waals surface area contributed by atoms with E-state index in [1.165, 1.54) is 89.9 Å². The summed E-state index contributed by atoms with van der Waals surface area (Å²) >= 11 is 0. The topological polar surface area (TPSA) is 237 Å². The van der Waals surface area contributed by atoms with Gasteiger partial charge in [-0.2, -0.15) is 0 Å². The maximum absolute atomic E-state index is 12.9. The molecule has 0 amide bonds. The van der Waals surface area contributed by atoms with E-state index >= 15 is 0 Å². The van der Waals surface area contributed by atoms with Gasteiger partial charge in [-0.15, -0.1) is 0 Å². The molecular weight excluding hydrogens is 1070 g/mol. The summed E-state index contributed by atoms with van der Waals surface area (Å²) in [5.41, 5.74) is 0. The van der Waals surface area contributed by atoms with Crippen LogP contribution in [0.4, 0.5) is 0 Å². The number of phosphoric ester groups is 2. The first-order valence-corrected chi connectivity index (χ1v) is 35.0. The second-order valence-corrected chi connectivity index (χ2v) is 25.9. The monoisotopic (exact) mass is 1180 g/mol. The van der Waals surface area contributed by atoms with Crippen molar-refractivity contribution in [2.75, 3.05) is 39.6 Å². The van der Waals surface area contributed by atoms with Gasteiger partial charge >= 0.3 is 39.5 Å². The Balaban J connectivity index is 5.19. The van der Waals surface area contributed by atoms with Crippen LogP contribution in [0.15, 0.2) is 0 Å². The third kappa shape index (κ3) is 55.3. The van der Waals surface area contributed by atoms with Crippen molar-refractivity contribution < 1.29 is 80.2 Å². The molecule has 0 spiro atoms. The van der Waals surface area contributed by atoms with Crippen molar-refractivity contribution in [3.8, 4) is 0 Å². The van der Waals surface area contributed by atoms with Gasteiger partial charge in [0.1, 0.15) is 19.3 Å². The highest BCUT2D eigenvalue weighted by Crippen LogP contribution is 2.45. The van der Waals surface area contributed by atoms with Crippen molar-refractivity contribution in [3.05, 3.63) is 0 Å². The van der Waals surface area contributed by atoms with E-state index in [0.29, 0.717) is 25.7 Å². The van der Waals surface area contributed by atoms with Gasteiger partial charge in [-0.3, -0.25) is 37.3 Å². The number of hydrogen-bond donors (Lipinski definition) is 3. The molecule has 5 atom stereocenters. The second-order valence-electron chi connectivity index (χ2n) is 23.0. The van der Waals surface area contributed by atoms with Gasteiger partial charge in [-0.1, -0.05) is 247 Å². The van der Waals surface area contributed by atoms with Gasteiger partial charge in [0.25, 0.3) is 0 Å². The molecule has 0 aliphatic carbocycles. The van der Waals surface area contributed by atoms with Gasteiger partial charge in [-0.25, -0.2) is 9.13 Å². The van der Waals surface area contributed by atoms with E-state index in [9.17, 15) is 43.2 Å². The Morgan fingerprint density at radius 2 is 0.575 bits per heavy atom. The van der Waals surface area contributed by atoms with Crippen LogP contribution in [0.3, 0.4) is 0 Å². The molecule has 0 fully saturated rings. The molecule has 474 valence electrons. The fraction of sp³-hybridized carbons (Fsp3) is 0.934. The van der Waals surface area contributed by atoms with Crippen LogP contribution in [0, 0.1) is 11.8 Å². The van der Waals surface area contributed by atoms with Crippen LogP contribution in [0.25, 0.3) is 0 Å². The summed E-state index contributed by atoms with van der Waals surface area (Å²) in [7, 11) is -9.87. The SMILES string of the molecule is CCCCCCCCCC(=O)OC[C@H](COP(=O)(O)OC[C@H](O)COP(=O)(O)OC[C@@H](COC(=O)CCCCCCCCCCCCC(C)C)OC(=O)CCCCCCCCCCCCC(C)C)OC(=O)CCCCCCCCC. The predicted molar refractivity (Wildman–Crippen MR) is 317 cm³/mol. The standard InChI is InChI=1S/C61H118O17P2/c1-7-9-11-13-23-31-37-43-58(63)71-49-56(77-60(65)45-39-33-24-14-12-10-8-2)51-75-79(67,68)73-47-55(62)48-74-80(69,70)76-52-57(78-61(66)46-40-34-28-22-18-16-20-26-30-36-42-54(5)6)50-72-59(64)44-38-32-27-21-17-15-19-25-29-35-41-53(3)4/h53-57,62H,7-52H2,1-6H3,(H,67,68)(H,69,70)/t55-,56+,57+/m0/s1. The third-order valence-corrected chi connectivity index (χ3v) is 15.9. The zero-order valence-corrected chi connectivity index (χ0v) is 53.2. The Morgan fingerprint density at radius 1 is 0.338 bits per heavy atom. The largest absolute Gasteiger partial charge is 0.472 e. The lowest BCUT2D eigenvalue weighted by molar-refractivity contribution is -0.161. The molecule has 0 aromatic heterocycles. The quantitative estimate of drug-likeness (QED) is 0.0222. The minimum absolute atomic E-state index is 0.103. The van der Waals surface area contributed by atoms with Crippen molar-refractivity contribution in [2.24, 2.45) is 11.8 Å². The maximum atomic E-state index is 12.9. The summed E-state index contributed by atoms with van der Waals surface area (Å²) in [6, 6.07) is 0. The third-order valence-electron chi connectivity index (χ3n) is 14.0. The summed E-state index contributed by atoms with van der Waals surface area (Å²) in [6.45, 7) is 9.37. The van der Waals surface area contributed by atoms with E-state index in [4.69, 9.17) is 37.0 Å². The van der Waals surface area contributed by atoms with E-state index in [1.54, 1.807) is 0 Å². The maximum Gasteiger partial charge on any atom is 0.472 e. The van der Waals surface area contributed by atoms with Crippen LogP contribution in [0.1, 0.15) is 298 Å². The number of rotatable bonds is 60. The minimum atomic E-state index is -4.94. The highest BCUT2D eigenvalue weighted by molar-refractivity contribution is 7.47. The van der Waals surface area contributed by atoms with Gasteiger partial charge < -0.3 is 33.8 Å². The van der Waals surface area contributed by atoms with E-state index in [-0.39, 0.29) is 25.7 Å². The molecule has 3 N–H and O–H groups in total. The number of carbonyl (C=O) groups excluding carboxylic acids is 4. The first-order valence-electron chi connectivity index (χ1n) is 32.0. The molecule has 2 unspecified atom stereocenters. The average molecular weight is 1190 g/mol. The van der Waals surface area contributed by atoms with Crippen molar-refractivity contribution in [1.29, 1.82) is 0 Å². The molecule has 19 heteroatoms. The summed E-state index contributed by atoms with van der Waals surface area (Å²) in [5.74, 6) is -0.636. The van der Waals surface area contributed by atoms with Crippen LogP contribution in [-0.4, -0.2) is 96.7 Å². The van der Waals surface area contributed by atoms with Crippen molar-refractivity contribution >= 4 is 39.5 Å². The average Bonchev–Trinajstić information content (AvgIpc) is 3.41. The van der Waals surface area contributed by atoms with Gasteiger partial charge in [0.15, 0.2) is 12.2 Å². The van der Waals surface area contributed by atoms with Crippen LogP contribution in [0.5, 0.6) is 0 Å². The number of ether oxygens (including phenoxy) is 4. The Kier molecular flexibility index (Phi) is 52.5. The molecule has 0 bridgehead atoms. The van der Waals surface area contributed by atoms with Crippen molar-refractivity contribution in [3.63, 3.8) is 0 Å². The van der Waals surface area contributed by atoms with Crippen molar-refractivity contribution in [2.45, 2.75) is 317 Å². The number of carbonyl (C=O) groups is 4. The molecule has 17 nitrogen and oxygen atoms in total. The molecule has 80 heavy (non-hydrogen) atoms. The second kappa shape index (κ2) is 53.8. The highest BCUT2D eigenvalue weighted by atomic mass is 31.2. The zero-order valence-electron chi connectivity index (χ0n) is 51.4. The molecule has 0 heterocycles. The molecule has 0 rings (SSSR count). The summed E-state index contributed by atoms with van der Waals surface area (Å²) < 4.78 is 67.7. The smallest absolute Gasteiger partial charge is 0.462 e. The normalized spacial score (nSPS) is 14.4. The number of aliphatic hydroxyl groups excluding tert-OH is 1. The summed E-state index contributed by atoms with van der Waals surface area (Å²) in [4.78, 5) is 71.8. The summed E-state index contributed by atoms with van der Waals surface area (Å²) in [6.07, 6.45) is 35.1. The van der Waals surface area contributed by atoms with Crippen LogP contribution in [-0.2, 0) is 65.4 Å². The lowest BCUT2D eigenvalue weighted by atomic mass is 10.0. The molecule has 0 aliphatic heterocycles. The van der Waals surface area contributed by atoms with Crippen LogP contribution in [0.2, 0.25) is 0 Å². The Labute approximate surface area is 486 Å². The van der Waals surface area contributed by atoms with Crippen LogP contribution < -0.4 is 0 Å². The molecular formula is C61H118O17P2.